The van der Waals surface area contributed by atoms with Crippen LogP contribution in [-0.2, 0) is 10.8 Å². The van der Waals surface area contributed by atoms with Crippen LogP contribution in [0.1, 0.15) is 59.8 Å². The van der Waals surface area contributed by atoms with Crippen LogP contribution < -0.4 is 0 Å². The molecule has 0 radical (unpaired) electrons. The van der Waals surface area contributed by atoms with E-state index in [-0.39, 0.29) is 5.75 Å². The topological polar surface area (TPSA) is 37.3 Å². The van der Waals surface area contributed by atoms with Crippen LogP contribution in [0, 0.1) is 28.6 Å². The SMILES string of the molecule is CC1CCC2C(C)(C)CCCC2(C)C1CS(=O)c1cccc(O)c1. The molecule has 2 saturated carbocycles. The van der Waals surface area contributed by atoms with E-state index in [1.165, 1.54) is 32.1 Å². The summed E-state index contributed by atoms with van der Waals surface area (Å²) in [5.41, 5.74) is 0.698. The lowest BCUT2D eigenvalue weighted by Crippen LogP contribution is -2.52. The lowest BCUT2D eigenvalue weighted by molar-refractivity contribution is -0.0853. The fourth-order valence-electron chi connectivity index (χ4n) is 5.85. The molecule has 3 rings (SSSR count). The number of hydrogen-bond donors (Lipinski definition) is 1. The van der Waals surface area contributed by atoms with Crippen molar-refractivity contribution in [2.75, 3.05) is 5.75 Å². The highest BCUT2D eigenvalue weighted by molar-refractivity contribution is 7.85. The molecule has 2 fully saturated rings. The van der Waals surface area contributed by atoms with Gasteiger partial charge < -0.3 is 5.11 Å². The maximum absolute atomic E-state index is 13.0. The molecule has 134 valence electrons. The van der Waals surface area contributed by atoms with Gasteiger partial charge in [-0.3, -0.25) is 4.21 Å². The Kier molecular flexibility index (Phi) is 4.85. The molecule has 5 atom stereocenters. The van der Waals surface area contributed by atoms with Gasteiger partial charge >= 0.3 is 0 Å². The molecular formula is C21H32O2S. The van der Waals surface area contributed by atoms with Gasteiger partial charge in [0, 0.05) is 10.6 Å². The van der Waals surface area contributed by atoms with Crippen LogP contribution in [-0.4, -0.2) is 15.1 Å². The number of fused-ring (bicyclic) bond motifs is 1. The minimum Gasteiger partial charge on any atom is -0.508 e. The third-order valence-corrected chi connectivity index (χ3v) is 8.57. The van der Waals surface area contributed by atoms with Crippen LogP contribution in [0.4, 0.5) is 0 Å². The summed E-state index contributed by atoms with van der Waals surface area (Å²) in [5.74, 6) is 2.80. The van der Waals surface area contributed by atoms with E-state index in [0.717, 1.165) is 16.6 Å². The third kappa shape index (κ3) is 3.16. The van der Waals surface area contributed by atoms with Crippen LogP contribution in [0.25, 0.3) is 0 Å². The van der Waals surface area contributed by atoms with Gasteiger partial charge in [-0.25, -0.2) is 0 Å². The maximum atomic E-state index is 13.0. The molecule has 2 aliphatic carbocycles. The summed E-state index contributed by atoms with van der Waals surface area (Å²) < 4.78 is 13.0. The van der Waals surface area contributed by atoms with Crippen LogP contribution in [0.2, 0.25) is 0 Å². The van der Waals surface area contributed by atoms with E-state index in [2.05, 4.69) is 27.7 Å². The Morgan fingerprint density at radius 3 is 2.67 bits per heavy atom. The highest BCUT2D eigenvalue weighted by atomic mass is 32.2. The summed E-state index contributed by atoms with van der Waals surface area (Å²) in [4.78, 5) is 0.767. The van der Waals surface area contributed by atoms with Crippen molar-refractivity contribution in [2.24, 2.45) is 28.6 Å². The van der Waals surface area contributed by atoms with Gasteiger partial charge in [0.15, 0.2) is 0 Å². The molecule has 2 nitrogen and oxygen atoms in total. The fraction of sp³-hybridized carbons (Fsp3) is 0.714. The standard InChI is InChI=1S/C21H32O2S/c1-15-9-10-19-20(2,3)11-6-12-21(19,4)18(15)14-24(23)17-8-5-7-16(22)13-17/h5,7-8,13,15,18-19,22H,6,9-12,14H2,1-4H3. The van der Waals surface area contributed by atoms with Gasteiger partial charge in [-0.2, -0.15) is 0 Å². The number of rotatable bonds is 3. The first-order valence-corrected chi connectivity index (χ1v) is 10.7. The van der Waals surface area contributed by atoms with Gasteiger partial charge in [0.25, 0.3) is 0 Å². The highest BCUT2D eigenvalue weighted by Gasteiger charge is 2.53. The van der Waals surface area contributed by atoms with Crippen LogP contribution in [0.3, 0.4) is 0 Å². The number of phenolic OH excluding ortho intramolecular Hbond substituents is 1. The van der Waals surface area contributed by atoms with E-state index in [1.807, 2.05) is 6.07 Å². The van der Waals surface area contributed by atoms with E-state index in [0.29, 0.717) is 22.7 Å². The molecule has 0 heterocycles. The van der Waals surface area contributed by atoms with Gasteiger partial charge in [0.05, 0.1) is 10.8 Å². The van der Waals surface area contributed by atoms with Crippen molar-refractivity contribution in [1.82, 2.24) is 0 Å². The zero-order valence-electron chi connectivity index (χ0n) is 15.5. The van der Waals surface area contributed by atoms with Gasteiger partial charge in [-0.1, -0.05) is 46.6 Å². The minimum atomic E-state index is -1.04. The molecule has 0 aliphatic heterocycles. The monoisotopic (exact) mass is 348 g/mol. The molecule has 0 saturated heterocycles. The predicted octanol–water partition coefficient (Wildman–Crippen LogP) is 5.38. The first kappa shape index (κ1) is 18.0. The maximum Gasteiger partial charge on any atom is 0.116 e. The Morgan fingerprint density at radius 2 is 1.96 bits per heavy atom. The zero-order chi connectivity index (χ0) is 17.5. The molecule has 0 bridgehead atoms. The molecule has 0 amide bonds. The van der Waals surface area contributed by atoms with Crippen LogP contribution >= 0.6 is 0 Å². The first-order valence-electron chi connectivity index (χ1n) is 9.41. The van der Waals surface area contributed by atoms with Crippen LogP contribution in [0.15, 0.2) is 29.2 Å². The molecule has 2 aliphatic rings. The van der Waals surface area contributed by atoms with Crippen molar-refractivity contribution in [3.63, 3.8) is 0 Å². The lowest BCUT2D eigenvalue weighted by Gasteiger charge is -2.59. The zero-order valence-corrected chi connectivity index (χ0v) is 16.4. The molecule has 1 N–H and O–H groups in total. The molecule has 1 aromatic carbocycles. The lowest BCUT2D eigenvalue weighted by atomic mass is 9.47. The smallest absolute Gasteiger partial charge is 0.116 e. The summed E-state index contributed by atoms with van der Waals surface area (Å²) in [6.07, 6.45) is 6.46. The molecule has 3 heteroatoms. The molecule has 0 spiro atoms. The summed E-state index contributed by atoms with van der Waals surface area (Å²) >= 11 is 0. The summed E-state index contributed by atoms with van der Waals surface area (Å²) in [6.45, 7) is 9.70. The third-order valence-electron chi connectivity index (χ3n) is 7.13. The largest absolute Gasteiger partial charge is 0.508 e. The number of phenols is 1. The second-order valence-corrected chi connectivity index (χ2v) is 10.6. The second kappa shape index (κ2) is 6.48. The summed E-state index contributed by atoms with van der Waals surface area (Å²) in [6, 6.07) is 6.98. The van der Waals surface area contributed by atoms with Crippen molar-refractivity contribution in [3.8, 4) is 5.75 Å². The van der Waals surface area contributed by atoms with Crippen molar-refractivity contribution in [1.29, 1.82) is 0 Å². The van der Waals surface area contributed by atoms with Gasteiger partial charge in [0.1, 0.15) is 5.75 Å². The molecule has 1 aromatic rings. The van der Waals surface area contributed by atoms with Crippen molar-refractivity contribution in [3.05, 3.63) is 24.3 Å². The summed E-state index contributed by atoms with van der Waals surface area (Å²) in [7, 11) is -1.04. The van der Waals surface area contributed by atoms with E-state index in [1.54, 1.807) is 18.2 Å². The van der Waals surface area contributed by atoms with E-state index in [4.69, 9.17) is 0 Å². The molecule has 0 aromatic heterocycles. The number of aromatic hydroxyl groups is 1. The van der Waals surface area contributed by atoms with Gasteiger partial charge in [-0.05, 0) is 66.0 Å². The van der Waals surface area contributed by atoms with Crippen molar-refractivity contribution < 1.29 is 9.32 Å². The number of benzene rings is 1. The molecule has 5 unspecified atom stereocenters. The Bertz CT molecular complexity index is 624. The Labute approximate surface area is 149 Å². The minimum absolute atomic E-state index is 0.209. The van der Waals surface area contributed by atoms with E-state index < -0.39 is 10.8 Å². The van der Waals surface area contributed by atoms with Gasteiger partial charge in [-0.15, -0.1) is 0 Å². The van der Waals surface area contributed by atoms with E-state index in [9.17, 15) is 9.32 Å². The Hall–Kier alpha value is -0.830. The predicted molar refractivity (Wildman–Crippen MR) is 100 cm³/mol. The summed E-state index contributed by atoms with van der Waals surface area (Å²) in [5, 5.41) is 9.69. The Morgan fingerprint density at radius 1 is 1.21 bits per heavy atom. The second-order valence-electron chi connectivity index (χ2n) is 9.07. The average Bonchev–Trinajstić information content (AvgIpc) is 2.50. The molecular weight excluding hydrogens is 316 g/mol. The van der Waals surface area contributed by atoms with Gasteiger partial charge in [0.2, 0.25) is 0 Å². The average molecular weight is 349 g/mol. The normalized spacial score (nSPS) is 36.8. The van der Waals surface area contributed by atoms with Crippen LogP contribution in [0.5, 0.6) is 5.75 Å². The number of hydrogen-bond acceptors (Lipinski definition) is 2. The highest BCUT2D eigenvalue weighted by Crippen LogP contribution is 2.61. The fourth-order valence-corrected chi connectivity index (χ4v) is 7.56. The molecule has 24 heavy (non-hydrogen) atoms. The first-order chi connectivity index (χ1) is 11.2. The van der Waals surface area contributed by atoms with Crippen molar-refractivity contribution >= 4 is 10.8 Å². The van der Waals surface area contributed by atoms with E-state index >= 15 is 0 Å². The Balaban J connectivity index is 1.86. The quantitative estimate of drug-likeness (QED) is 0.796. The van der Waals surface area contributed by atoms with Crippen molar-refractivity contribution in [2.45, 2.75) is 64.7 Å².